The van der Waals surface area contributed by atoms with Crippen LogP contribution < -0.4 is 0 Å². The molecule has 0 aliphatic carbocycles. The molecule has 0 rings (SSSR count). The van der Waals surface area contributed by atoms with Gasteiger partial charge in [0.2, 0.25) is 0 Å². The van der Waals surface area contributed by atoms with Gasteiger partial charge >= 0.3 is 0 Å². The molecule has 0 saturated carbocycles. The third kappa shape index (κ3) is 4.43. The number of methoxy groups -OCH3 is 1. The van der Waals surface area contributed by atoms with Crippen molar-refractivity contribution in [3.8, 4) is 0 Å². The molecule has 86 valence electrons. The quantitative estimate of drug-likeness (QED) is 0.717. The van der Waals surface area contributed by atoms with E-state index < -0.39 is 0 Å². The van der Waals surface area contributed by atoms with Crippen LogP contribution in [0.1, 0.15) is 53.9 Å². The van der Waals surface area contributed by atoms with Crippen LogP contribution in [-0.2, 0) is 4.74 Å². The molecule has 0 radical (unpaired) electrons. The Morgan fingerprint density at radius 2 is 1.71 bits per heavy atom. The van der Waals surface area contributed by atoms with Crippen molar-refractivity contribution in [3.05, 3.63) is 0 Å². The molecule has 2 nitrogen and oxygen atoms in total. The average Bonchev–Trinajstić information content (AvgIpc) is 2.14. The highest BCUT2D eigenvalue weighted by molar-refractivity contribution is 4.79. The van der Waals surface area contributed by atoms with Gasteiger partial charge in [0.1, 0.15) is 0 Å². The molecule has 0 bridgehead atoms. The Hall–Kier alpha value is -0.0800. The number of aliphatic hydroxyl groups excluding tert-OH is 1. The van der Waals surface area contributed by atoms with Crippen molar-refractivity contribution in [2.45, 2.75) is 65.6 Å². The topological polar surface area (TPSA) is 29.5 Å². The lowest BCUT2D eigenvalue weighted by molar-refractivity contribution is -0.0175. The summed E-state index contributed by atoms with van der Waals surface area (Å²) in [6, 6.07) is 0. The lowest BCUT2D eigenvalue weighted by Gasteiger charge is -2.32. The fraction of sp³-hybridized carbons (Fsp3) is 1.00. The maximum atomic E-state index is 9.98. The molecule has 0 aliphatic rings. The van der Waals surface area contributed by atoms with Crippen molar-refractivity contribution in [1.29, 1.82) is 0 Å². The van der Waals surface area contributed by atoms with Crippen LogP contribution in [-0.4, -0.2) is 23.9 Å². The van der Waals surface area contributed by atoms with Crippen molar-refractivity contribution in [2.24, 2.45) is 5.41 Å². The van der Waals surface area contributed by atoms with E-state index in [0.717, 1.165) is 19.3 Å². The second-order valence-corrected chi connectivity index (χ2v) is 5.36. The Kier molecular flexibility index (Phi) is 5.10. The third-order valence-electron chi connectivity index (χ3n) is 3.39. The Bertz CT molecular complexity index is 162. The van der Waals surface area contributed by atoms with Gasteiger partial charge in [-0.3, -0.25) is 0 Å². The molecule has 0 aliphatic heterocycles. The van der Waals surface area contributed by atoms with Gasteiger partial charge in [-0.15, -0.1) is 0 Å². The minimum absolute atomic E-state index is 0.0177. The number of aliphatic hydroxyl groups is 1. The second-order valence-electron chi connectivity index (χ2n) is 5.36. The van der Waals surface area contributed by atoms with Gasteiger partial charge in [0, 0.05) is 7.11 Å². The highest BCUT2D eigenvalue weighted by atomic mass is 16.5. The summed E-state index contributed by atoms with van der Waals surface area (Å²) in [7, 11) is 1.72. The number of hydrogen-bond acceptors (Lipinski definition) is 2. The summed E-state index contributed by atoms with van der Waals surface area (Å²) in [6.07, 6.45) is 2.47. The first-order valence-electron chi connectivity index (χ1n) is 5.48. The largest absolute Gasteiger partial charge is 0.393 e. The summed E-state index contributed by atoms with van der Waals surface area (Å²) in [5.74, 6) is 0. The molecule has 14 heavy (non-hydrogen) atoms. The molecule has 0 fully saturated rings. The molecule has 0 saturated heterocycles. The van der Waals surface area contributed by atoms with E-state index in [-0.39, 0.29) is 17.1 Å². The van der Waals surface area contributed by atoms with E-state index >= 15 is 0 Å². The Labute approximate surface area is 88.7 Å². The predicted molar refractivity (Wildman–Crippen MR) is 60.4 cm³/mol. The van der Waals surface area contributed by atoms with Crippen molar-refractivity contribution < 1.29 is 9.84 Å². The molecule has 1 unspecified atom stereocenters. The minimum Gasteiger partial charge on any atom is -0.393 e. The summed E-state index contributed by atoms with van der Waals surface area (Å²) >= 11 is 0. The van der Waals surface area contributed by atoms with Crippen LogP contribution in [0.5, 0.6) is 0 Å². The number of ether oxygens (including phenoxy) is 1. The fourth-order valence-electron chi connectivity index (χ4n) is 1.21. The summed E-state index contributed by atoms with van der Waals surface area (Å²) < 4.78 is 5.32. The lowest BCUT2D eigenvalue weighted by Crippen LogP contribution is -2.32. The van der Waals surface area contributed by atoms with Crippen LogP contribution in [0.4, 0.5) is 0 Å². The summed E-state index contributed by atoms with van der Waals surface area (Å²) in [6.45, 7) is 10.4. The highest BCUT2D eigenvalue weighted by Gasteiger charge is 2.27. The van der Waals surface area contributed by atoms with Gasteiger partial charge < -0.3 is 9.84 Å². The first-order valence-corrected chi connectivity index (χ1v) is 5.48. The lowest BCUT2D eigenvalue weighted by atomic mass is 9.80. The molecule has 0 spiro atoms. The van der Waals surface area contributed by atoms with E-state index in [9.17, 15) is 5.11 Å². The SMILES string of the molecule is CCC(C)(C)C(O)CCC(C)(C)OC. The monoisotopic (exact) mass is 202 g/mol. The summed E-state index contributed by atoms with van der Waals surface area (Å²) in [5.41, 5.74) is -0.103. The average molecular weight is 202 g/mol. The number of hydrogen-bond donors (Lipinski definition) is 1. The van der Waals surface area contributed by atoms with E-state index in [2.05, 4.69) is 34.6 Å². The maximum absolute atomic E-state index is 9.98. The molecule has 0 aromatic rings. The van der Waals surface area contributed by atoms with Gasteiger partial charge in [0.15, 0.2) is 0 Å². The van der Waals surface area contributed by atoms with E-state index in [0.29, 0.717) is 0 Å². The fourth-order valence-corrected chi connectivity index (χ4v) is 1.21. The van der Waals surface area contributed by atoms with Crippen molar-refractivity contribution in [2.75, 3.05) is 7.11 Å². The molecule has 0 aromatic carbocycles. The molecular weight excluding hydrogens is 176 g/mol. The van der Waals surface area contributed by atoms with Crippen LogP contribution in [0.2, 0.25) is 0 Å². The molecule has 0 amide bonds. The maximum Gasteiger partial charge on any atom is 0.0623 e. The van der Waals surface area contributed by atoms with E-state index in [1.807, 2.05) is 0 Å². The zero-order chi connectivity index (χ0) is 11.4. The Morgan fingerprint density at radius 1 is 1.21 bits per heavy atom. The zero-order valence-corrected chi connectivity index (χ0v) is 10.6. The third-order valence-corrected chi connectivity index (χ3v) is 3.39. The van der Waals surface area contributed by atoms with Crippen LogP contribution in [0.25, 0.3) is 0 Å². The number of rotatable bonds is 6. The molecule has 0 heterocycles. The van der Waals surface area contributed by atoms with Gasteiger partial charge in [0.25, 0.3) is 0 Å². The van der Waals surface area contributed by atoms with E-state index in [1.54, 1.807) is 7.11 Å². The van der Waals surface area contributed by atoms with Crippen LogP contribution in [0, 0.1) is 5.41 Å². The standard InChI is InChI=1S/C12H26O2/c1-7-11(2,3)10(13)8-9-12(4,5)14-6/h10,13H,7-9H2,1-6H3. The smallest absolute Gasteiger partial charge is 0.0623 e. The molecular formula is C12H26O2. The zero-order valence-electron chi connectivity index (χ0n) is 10.6. The molecule has 1 atom stereocenters. The van der Waals surface area contributed by atoms with Gasteiger partial charge in [0.05, 0.1) is 11.7 Å². The Balaban J connectivity index is 4.02. The highest BCUT2D eigenvalue weighted by Crippen LogP contribution is 2.29. The van der Waals surface area contributed by atoms with Crippen molar-refractivity contribution >= 4 is 0 Å². The van der Waals surface area contributed by atoms with Gasteiger partial charge in [-0.05, 0) is 38.5 Å². The molecule has 1 N–H and O–H groups in total. The van der Waals surface area contributed by atoms with Crippen LogP contribution in [0.15, 0.2) is 0 Å². The normalized spacial score (nSPS) is 15.6. The predicted octanol–water partition coefficient (Wildman–Crippen LogP) is 2.99. The van der Waals surface area contributed by atoms with Gasteiger partial charge in [-0.25, -0.2) is 0 Å². The molecule has 2 heteroatoms. The molecule has 0 aromatic heterocycles. The van der Waals surface area contributed by atoms with Crippen LogP contribution in [0.3, 0.4) is 0 Å². The first-order chi connectivity index (χ1) is 6.25. The minimum atomic E-state index is -0.234. The van der Waals surface area contributed by atoms with E-state index in [4.69, 9.17) is 4.74 Å². The van der Waals surface area contributed by atoms with Gasteiger partial charge in [-0.2, -0.15) is 0 Å². The van der Waals surface area contributed by atoms with Crippen molar-refractivity contribution in [3.63, 3.8) is 0 Å². The summed E-state index contributed by atoms with van der Waals surface area (Å²) in [4.78, 5) is 0. The van der Waals surface area contributed by atoms with Gasteiger partial charge in [-0.1, -0.05) is 20.8 Å². The second kappa shape index (κ2) is 5.13. The van der Waals surface area contributed by atoms with E-state index in [1.165, 1.54) is 0 Å². The first kappa shape index (κ1) is 13.9. The van der Waals surface area contributed by atoms with Crippen molar-refractivity contribution in [1.82, 2.24) is 0 Å². The van der Waals surface area contributed by atoms with Crippen LogP contribution >= 0.6 is 0 Å². The Morgan fingerprint density at radius 3 is 2.07 bits per heavy atom. The summed E-state index contributed by atoms with van der Waals surface area (Å²) in [5, 5.41) is 9.98.